The third kappa shape index (κ3) is 6.18. The zero-order chi connectivity index (χ0) is 23.8. The number of halogens is 1. The van der Waals surface area contributed by atoms with Crippen LogP contribution in [0.25, 0.3) is 5.69 Å². The van der Waals surface area contributed by atoms with Crippen molar-refractivity contribution in [3.63, 3.8) is 0 Å². The highest BCUT2D eigenvalue weighted by Crippen LogP contribution is 2.18. The summed E-state index contributed by atoms with van der Waals surface area (Å²) in [5.74, 6) is 1.05. The van der Waals surface area contributed by atoms with Crippen molar-refractivity contribution in [1.29, 1.82) is 0 Å². The maximum absolute atomic E-state index is 12.3. The quantitative estimate of drug-likeness (QED) is 0.199. The first-order valence-electron chi connectivity index (χ1n) is 10.6. The Morgan fingerprint density at radius 1 is 1.03 bits per heavy atom. The summed E-state index contributed by atoms with van der Waals surface area (Å²) < 4.78 is 9.84. The molecule has 1 amide bonds. The van der Waals surface area contributed by atoms with Crippen LogP contribution >= 0.6 is 23.8 Å². The standard InChI is InChI=1S/C25H22ClN5O2S/c26-20-11-13-22(14-12-20)33-18-23-29-30(25(34)31(23)21-9-5-2-6-10-21)16-15-24(32)28-27-17-19-7-3-1-4-8-19/h1-14,17H,15-16,18H2,(H,28,32)/b27-17+. The monoisotopic (exact) mass is 491 g/mol. The number of para-hydroxylation sites is 1. The molecule has 4 aromatic rings. The lowest BCUT2D eigenvalue weighted by molar-refractivity contribution is -0.121. The number of carbonyl (C=O) groups is 1. The Hall–Kier alpha value is -3.75. The SMILES string of the molecule is O=C(CCn1nc(COc2ccc(Cl)cc2)n(-c2ccccc2)c1=S)N/N=C/c1ccccc1. The highest BCUT2D eigenvalue weighted by atomic mass is 35.5. The first-order chi connectivity index (χ1) is 16.6. The molecule has 0 fully saturated rings. The van der Waals surface area contributed by atoms with E-state index in [0.717, 1.165) is 11.3 Å². The fraction of sp³-hybridized carbons (Fsp3) is 0.120. The van der Waals surface area contributed by atoms with Crippen LogP contribution in [0.4, 0.5) is 0 Å². The molecule has 1 N–H and O–H groups in total. The molecule has 3 aromatic carbocycles. The van der Waals surface area contributed by atoms with Crippen LogP contribution in [-0.2, 0) is 17.9 Å². The minimum Gasteiger partial charge on any atom is -0.486 e. The van der Waals surface area contributed by atoms with E-state index in [0.29, 0.717) is 27.9 Å². The second-order valence-corrected chi connectivity index (χ2v) is 8.09. The van der Waals surface area contributed by atoms with Gasteiger partial charge in [-0.15, -0.1) is 0 Å². The van der Waals surface area contributed by atoms with Crippen molar-refractivity contribution in [2.75, 3.05) is 0 Å². The predicted octanol–water partition coefficient (Wildman–Crippen LogP) is 5.18. The lowest BCUT2D eigenvalue weighted by Gasteiger charge is -2.08. The fourth-order valence-corrected chi connectivity index (χ4v) is 3.66. The molecule has 34 heavy (non-hydrogen) atoms. The molecule has 0 unspecified atom stereocenters. The first kappa shape index (κ1) is 23.4. The molecule has 0 atom stereocenters. The Kier molecular flexibility index (Phi) is 7.85. The Bertz CT molecular complexity index is 1320. The van der Waals surface area contributed by atoms with Crippen molar-refractivity contribution >= 4 is 35.9 Å². The number of benzene rings is 3. The topological polar surface area (TPSA) is 73.4 Å². The second kappa shape index (κ2) is 11.4. The van der Waals surface area contributed by atoms with Crippen LogP contribution in [-0.4, -0.2) is 26.5 Å². The van der Waals surface area contributed by atoms with Crippen molar-refractivity contribution in [3.05, 3.63) is 106 Å². The van der Waals surface area contributed by atoms with Gasteiger partial charge in [-0.1, -0.05) is 60.1 Å². The summed E-state index contributed by atoms with van der Waals surface area (Å²) in [5.41, 5.74) is 4.30. The lowest BCUT2D eigenvalue weighted by Crippen LogP contribution is -2.19. The number of hydrazone groups is 1. The van der Waals surface area contributed by atoms with E-state index in [1.165, 1.54) is 0 Å². The van der Waals surface area contributed by atoms with Crippen molar-refractivity contribution in [3.8, 4) is 11.4 Å². The van der Waals surface area contributed by atoms with Crippen LogP contribution in [0.2, 0.25) is 5.02 Å². The number of aromatic nitrogens is 3. The van der Waals surface area contributed by atoms with Crippen LogP contribution in [0.15, 0.2) is 90.0 Å². The summed E-state index contributed by atoms with van der Waals surface area (Å²) >= 11 is 11.6. The van der Waals surface area contributed by atoms with Gasteiger partial charge in [0, 0.05) is 17.1 Å². The van der Waals surface area contributed by atoms with E-state index in [2.05, 4.69) is 15.6 Å². The van der Waals surface area contributed by atoms with E-state index in [4.69, 9.17) is 28.6 Å². The summed E-state index contributed by atoms with van der Waals surface area (Å²) in [5, 5.41) is 9.26. The molecular weight excluding hydrogens is 470 g/mol. The van der Waals surface area contributed by atoms with E-state index in [1.54, 1.807) is 35.2 Å². The molecule has 1 aromatic heterocycles. The van der Waals surface area contributed by atoms with Gasteiger partial charge in [-0.05, 0) is 54.2 Å². The van der Waals surface area contributed by atoms with Gasteiger partial charge >= 0.3 is 0 Å². The average molecular weight is 492 g/mol. The molecule has 0 aliphatic carbocycles. The number of hydrogen-bond acceptors (Lipinski definition) is 5. The molecule has 0 saturated heterocycles. The molecule has 172 valence electrons. The predicted molar refractivity (Wildman–Crippen MR) is 135 cm³/mol. The molecule has 0 bridgehead atoms. The summed E-state index contributed by atoms with van der Waals surface area (Å²) in [7, 11) is 0. The van der Waals surface area contributed by atoms with Gasteiger partial charge in [-0.3, -0.25) is 9.36 Å². The minimum absolute atomic E-state index is 0.170. The van der Waals surface area contributed by atoms with Crippen LogP contribution in [0, 0.1) is 4.77 Å². The summed E-state index contributed by atoms with van der Waals surface area (Å²) in [4.78, 5) is 12.3. The number of nitrogens with zero attached hydrogens (tertiary/aromatic N) is 4. The molecule has 7 nitrogen and oxygen atoms in total. The van der Waals surface area contributed by atoms with E-state index < -0.39 is 0 Å². The Morgan fingerprint density at radius 3 is 2.41 bits per heavy atom. The summed E-state index contributed by atoms with van der Waals surface area (Å²) in [6.45, 7) is 0.500. The lowest BCUT2D eigenvalue weighted by atomic mass is 10.2. The van der Waals surface area contributed by atoms with Gasteiger partial charge in [0.05, 0.1) is 12.8 Å². The fourth-order valence-electron chi connectivity index (χ4n) is 3.19. The molecule has 9 heteroatoms. The number of carbonyl (C=O) groups excluding carboxylic acids is 1. The van der Waals surface area contributed by atoms with Gasteiger partial charge in [0.2, 0.25) is 10.7 Å². The number of ether oxygens (including phenoxy) is 1. The van der Waals surface area contributed by atoms with E-state index in [1.807, 2.05) is 65.2 Å². The highest BCUT2D eigenvalue weighted by molar-refractivity contribution is 7.71. The second-order valence-electron chi connectivity index (χ2n) is 7.29. The molecule has 0 saturated carbocycles. The van der Waals surface area contributed by atoms with Gasteiger partial charge in [0.1, 0.15) is 12.4 Å². The summed E-state index contributed by atoms with van der Waals surface area (Å²) in [6.07, 6.45) is 1.77. The normalized spacial score (nSPS) is 11.0. The Morgan fingerprint density at radius 2 is 1.71 bits per heavy atom. The third-order valence-electron chi connectivity index (χ3n) is 4.86. The van der Waals surface area contributed by atoms with Gasteiger partial charge in [-0.25, -0.2) is 10.1 Å². The summed E-state index contributed by atoms with van der Waals surface area (Å²) in [6, 6.07) is 26.3. The molecule has 4 rings (SSSR count). The number of nitrogens with one attached hydrogen (secondary N) is 1. The first-order valence-corrected chi connectivity index (χ1v) is 11.4. The van der Waals surface area contributed by atoms with Gasteiger partial charge in [0.25, 0.3) is 0 Å². The smallest absolute Gasteiger partial charge is 0.241 e. The molecule has 0 aliphatic rings. The van der Waals surface area contributed by atoms with Crippen LogP contribution in [0.1, 0.15) is 17.8 Å². The molecule has 0 spiro atoms. The van der Waals surface area contributed by atoms with E-state index in [9.17, 15) is 4.79 Å². The number of hydrogen-bond donors (Lipinski definition) is 1. The number of rotatable bonds is 9. The van der Waals surface area contributed by atoms with Crippen molar-refractivity contribution in [2.45, 2.75) is 19.6 Å². The van der Waals surface area contributed by atoms with E-state index in [-0.39, 0.29) is 18.9 Å². The largest absolute Gasteiger partial charge is 0.486 e. The van der Waals surface area contributed by atoms with Crippen molar-refractivity contribution < 1.29 is 9.53 Å². The van der Waals surface area contributed by atoms with Gasteiger partial charge < -0.3 is 4.74 Å². The van der Waals surface area contributed by atoms with E-state index >= 15 is 0 Å². The zero-order valence-corrected chi connectivity index (χ0v) is 19.7. The molecule has 1 heterocycles. The highest BCUT2D eigenvalue weighted by Gasteiger charge is 2.14. The Balaban J connectivity index is 1.46. The van der Waals surface area contributed by atoms with Crippen molar-refractivity contribution in [1.82, 2.24) is 19.8 Å². The maximum atomic E-state index is 12.3. The zero-order valence-electron chi connectivity index (χ0n) is 18.2. The third-order valence-corrected chi connectivity index (χ3v) is 5.50. The molecule has 0 radical (unpaired) electrons. The molecular formula is C25H22ClN5O2S. The maximum Gasteiger partial charge on any atom is 0.241 e. The number of amides is 1. The van der Waals surface area contributed by atoms with Crippen LogP contribution in [0.3, 0.4) is 0 Å². The van der Waals surface area contributed by atoms with Crippen LogP contribution < -0.4 is 10.2 Å². The van der Waals surface area contributed by atoms with Gasteiger partial charge in [0.15, 0.2) is 5.82 Å². The van der Waals surface area contributed by atoms with Gasteiger partial charge in [-0.2, -0.15) is 10.2 Å². The minimum atomic E-state index is -0.234. The molecule has 0 aliphatic heterocycles. The number of aryl methyl sites for hydroxylation is 1. The average Bonchev–Trinajstić information content (AvgIpc) is 3.18. The van der Waals surface area contributed by atoms with Crippen molar-refractivity contribution in [2.24, 2.45) is 5.10 Å². The van der Waals surface area contributed by atoms with Crippen LogP contribution in [0.5, 0.6) is 5.75 Å². The Labute approximate surface area is 207 Å².